The highest BCUT2D eigenvalue weighted by Crippen LogP contribution is 2.29. The second-order valence-corrected chi connectivity index (χ2v) is 9.37. The van der Waals surface area contributed by atoms with E-state index in [4.69, 9.17) is 4.74 Å². The molecular formula is C27H25N7O5. The van der Waals surface area contributed by atoms with Gasteiger partial charge in [0.15, 0.2) is 5.65 Å². The van der Waals surface area contributed by atoms with E-state index < -0.39 is 6.16 Å². The van der Waals surface area contributed by atoms with Crippen molar-refractivity contribution in [3.05, 3.63) is 76.9 Å². The molecule has 12 heteroatoms. The molecule has 39 heavy (non-hydrogen) atoms. The zero-order valence-electron chi connectivity index (χ0n) is 21.3. The highest BCUT2D eigenvalue weighted by Gasteiger charge is 2.26. The lowest BCUT2D eigenvalue weighted by Crippen LogP contribution is -2.37. The maximum absolute atomic E-state index is 13.6. The van der Waals surface area contributed by atoms with Crippen LogP contribution in [0.5, 0.6) is 5.75 Å². The number of aromatic nitrogens is 6. The zero-order valence-corrected chi connectivity index (χ0v) is 21.3. The largest absolute Gasteiger partial charge is 0.513 e. The molecule has 1 aromatic carbocycles. The van der Waals surface area contributed by atoms with Gasteiger partial charge >= 0.3 is 11.8 Å². The van der Waals surface area contributed by atoms with Gasteiger partial charge in [0.1, 0.15) is 23.6 Å². The van der Waals surface area contributed by atoms with Gasteiger partial charge in [0.05, 0.1) is 12.6 Å². The van der Waals surface area contributed by atoms with E-state index in [0.717, 1.165) is 23.9 Å². The monoisotopic (exact) mass is 527 g/mol. The second-order valence-electron chi connectivity index (χ2n) is 9.37. The number of hydrogen-bond acceptors (Lipinski definition) is 9. The molecule has 1 aliphatic rings. The molecule has 1 aliphatic heterocycles. The van der Waals surface area contributed by atoms with Gasteiger partial charge in [-0.3, -0.25) is 14.3 Å². The van der Waals surface area contributed by atoms with Gasteiger partial charge in [-0.1, -0.05) is 0 Å². The summed E-state index contributed by atoms with van der Waals surface area (Å²) >= 11 is 0. The predicted molar refractivity (Wildman–Crippen MR) is 142 cm³/mol. The average molecular weight is 528 g/mol. The van der Waals surface area contributed by atoms with Crippen LogP contribution in [0.4, 0.5) is 10.6 Å². The molecule has 4 aromatic heterocycles. The number of fused-ring (bicyclic) bond motifs is 2. The Kier molecular flexibility index (Phi) is 6.06. The fraction of sp³-hybridized carbons (Fsp3) is 0.259. The molecule has 0 spiro atoms. The third-order valence-corrected chi connectivity index (χ3v) is 7.10. The van der Waals surface area contributed by atoms with E-state index in [0.29, 0.717) is 35.5 Å². The summed E-state index contributed by atoms with van der Waals surface area (Å²) < 4.78 is 13.3. The van der Waals surface area contributed by atoms with E-state index in [1.807, 2.05) is 23.7 Å². The van der Waals surface area contributed by atoms with Crippen molar-refractivity contribution in [1.29, 1.82) is 0 Å². The van der Waals surface area contributed by atoms with Crippen molar-refractivity contribution in [1.82, 2.24) is 29.1 Å². The molecule has 0 atom stereocenters. The van der Waals surface area contributed by atoms with Crippen LogP contribution in [0.2, 0.25) is 0 Å². The molecule has 198 valence electrons. The second kappa shape index (κ2) is 9.71. The van der Waals surface area contributed by atoms with Gasteiger partial charge in [-0.15, -0.1) is 0 Å². The summed E-state index contributed by atoms with van der Waals surface area (Å²) in [7, 11) is 3.07. The molecule has 0 bridgehead atoms. The van der Waals surface area contributed by atoms with Crippen molar-refractivity contribution in [2.45, 2.75) is 18.9 Å². The molecule has 5 aromatic rings. The van der Waals surface area contributed by atoms with E-state index >= 15 is 0 Å². The Labute approximate surface area is 221 Å². The fourth-order valence-corrected chi connectivity index (χ4v) is 5.21. The molecule has 0 unspecified atom stereocenters. The van der Waals surface area contributed by atoms with Gasteiger partial charge < -0.3 is 18.9 Å². The number of H-pyrrole nitrogens is 1. The quantitative estimate of drug-likeness (QED) is 0.207. The van der Waals surface area contributed by atoms with E-state index in [1.165, 1.54) is 13.4 Å². The predicted octanol–water partition coefficient (Wildman–Crippen LogP) is 3.22. The lowest BCUT2D eigenvalue weighted by Gasteiger charge is -2.33. The van der Waals surface area contributed by atoms with Crippen molar-refractivity contribution in [3.63, 3.8) is 0 Å². The summed E-state index contributed by atoms with van der Waals surface area (Å²) in [5.41, 5.74) is 2.71. The summed E-state index contributed by atoms with van der Waals surface area (Å²) in [5, 5.41) is 0.628. The number of nitrogens with zero attached hydrogens (tertiary/aromatic N) is 6. The molecule has 1 N–H and O–H groups in total. The van der Waals surface area contributed by atoms with Crippen LogP contribution in [0.25, 0.3) is 22.1 Å². The van der Waals surface area contributed by atoms with Crippen LogP contribution in [0.1, 0.15) is 34.9 Å². The van der Waals surface area contributed by atoms with E-state index in [9.17, 15) is 14.4 Å². The topological polar surface area (TPSA) is 137 Å². The van der Waals surface area contributed by atoms with E-state index in [2.05, 4.69) is 29.6 Å². The first-order chi connectivity index (χ1) is 18.9. The number of imidazole rings is 1. The summed E-state index contributed by atoms with van der Waals surface area (Å²) in [4.78, 5) is 55.6. The molecule has 0 aliphatic carbocycles. The first-order valence-corrected chi connectivity index (χ1v) is 12.4. The Morgan fingerprint density at radius 1 is 1.05 bits per heavy atom. The van der Waals surface area contributed by atoms with Crippen LogP contribution in [0, 0.1) is 0 Å². The fourth-order valence-electron chi connectivity index (χ4n) is 5.21. The minimum Gasteiger partial charge on any atom is -0.437 e. The van der Waals surface area contributed by atoms with Crippen LogP contribution < -0.4 is 15.3 Å². The highest BCUT2D eigenvalue weighted by molar-refractivity contribution is 6.16. The highest BCUT2D eigenvalue weighted by atomic mass is 16.7. The number of carbonyl (C=O) groups is 2. The summed E-state index contributed by atoms with van der Waals surface area (Å²) in [6.07, 6.45) is 5.42. The van der Waals surface area contributed by atoms with Crippen molar-refractivity contribution >= 4 is 39.8 Å². The molecule has 6 rings (SSSR count). The summed E-state index contributed by atoms with van der Waals surface area (Å²) in [6, 6.07) is 10.5. The zero-order chi connectivity index (χ0) is 27.1. The molecule has 1 saturated heterocycles. The first kappa shape index (κ1) is 24.3. The van der Waals surface area contributed by atoms with Crippen molar-refractivity contribution in [3.8, 4) is 5.75 Å². The van der Waals surface area contributed by atoms with Gasteiger partial charge in [0, 0.05) is 61.1 Å². The Hall–Kier alpha value is -5.00. The van der Waals surface area contributed by atoms with Crippen LogP contribution in [-0.2, 0) is 11.8 Å². The maximum Gasteiger partial charge on any atom is 0.513 e. The molecule has 1 fully saturated rings. The molecular weight excluding hydrogens is 502 g/mol. The molecule has 5 heterocycles. The summed E-state index contributed by atoms with van der Waals surface area (Å²) in [6.45, 7) is 1.33. The Bertz CT molecular complexity index is 1780. The molecule has 0 saturated carbocycles. The van der Waals surface area contributed by atoms with Gasteiger partial charge in [-0.05, 0) is 43.2 Å². The van der Waals surface area contributed by atoms with Crippen molar-refractivity contribution < 1.29 is 19.1 Å². The number of aromatic amines is 1. The number of piperidine rings is 1. The number of methoxy groups -OCH3 is 1. The third-order valence-electron chi connectivity index (χ3n) is 7.10. The number of aryl methyl sites for hydroxylation is 1. The van der Waals surface area contributed by atoms with Crippen LogP contribution in [0.3, 0.4) is 0 Å². The normalized spacial score (nSPS) is 14.2. The Morgan fingerprint density at radius 2 is 1.87 bits per heavy atom. The van der Waals surface area contributed by atoms with Gasteiger partial charge in [0.25, 0.3) is 0 Å². The molecule has 0 amide bonds. The number of pyridine rings is 1. The maximum atomic E-state index is 13.6. The number of benzene rings is 1. The van der Waals surface area contributed by atoms with Crippen molar-refractivity contribution in [2.75, 3.05) is 25.1 Å². The Balaban J connectivity index is 1.23. The van der Waals surface area contributed by atoms with Crippen LogP contribution in [-0.4, -0.2) is 61.2 Å². The lowest BCUT2D eigenvalue weighted by molar-refractivity contribution is 0.103. The van der Waals surface area contributed by atoms with E-state index in [-0.39, 0.29) is 29.0 Å². The number of rotatable bonds is 5. The number of carbonyl (C=O) groups excluding carboxylic acids is 2. The molecule has 0 radical (unpaired) electrons. The minimum atomic E-state index is -0.839. The minimum absolute atomic E-state index is 0.0340. The number of nitrogens with one attached hydrogen (secondary N) is 1. The number of ether oxygens (including phenoxy) is 2. The first-order valence-electron chi connectivity index (χ1n) is 12.4. The van der Waals surface area contributed by atoms with Gasteiger partial charge in [0.2, 0.25) is 5.78 Å². The summed E-state index contributed by atoms with van der Waals surface area (Å²) in [5.74, 6) is 0.646. The molecule has 12 nitrogen and oxygen atoms in total. The number of anilines is 1. The number of ketones is 1. The smallest absolute Gasteiger partial charge is 0.437 e. The SMILES string of the molecule is COC(=O)Oc1ccc2c(c1)c(C(=O)c1cc(N3CCC(n4c(=O)[nH]c5ncccc54)CC3)ncn1)cn2C. The van der Waals surface area contributed by atoms with Crippen LogP contribution in [0.15, 0.2) is 59.9 Å². The number of hydrogen-bond donors (Lipinski definition) is 1. The van der Waals surface area contributed by atoms with Crippen molar-refractivity contribution in [2.24, 2.45) is 7.05 Å². The average Bonchev–Trinajstić information content (AvgIpc) is 3.48. The third kappa shape index (κ3) is 4.39. The van der Waals surface area contributed by atoms with E-state index in [1.54, 1.807) is 41.2 Å². The standard InChI is InChI=1S/C27H25N7O5/c1-32-14-19(18-12-17(5-6-21(18)32)39-27(37)38-2)24(35)20-13-23(30-15-29-20)33-10-7-16(8-11-33)34-22-4-3-9-28-25(22)31-26(34)36/h3-6,9,12-16H,7-8,10-11H2,1-2H3,(H,28,31,36). The van der Waals surface area contributed by atoms with Gasteiger partial charge in [-0.25, -0.2) is 24.5 Å². The van der Waals surface area contributed by atoms with Gasteiger partial charge in [-0.2, -0.15) is 0 Å². The Morgan fingerprint density at radius 3 is 2.67 bits per heavy atom. The van der Waals surface area contributed by atoms with Crippen LogP contribution >= 0.6 is 0 Å². The lowest BCUT2D eigenvalue weighted by atomic mass is 10.0.